The number of hydrogen-bond donors (Lipinski definition) is 1. The molecule has 182 valence electrons. The molecule has 0 spiro atoms. The Morgan fingerprint density at radius 2 is 1.77 bits per heavy atom. The lowest BCUT2D eigenvalue weighted by atomic mass is 9.71. The number of rotatable bonds is 8. The van der Waals surface area contributed by atoms with E-state index in [0.717, 1.165) is 27.0 Å². The Hall–Kier alpha value is -2.87. The number of benzene rings is 3. The molecular formula is C28H27BrF2N2O2. The van der Waals surface area contributed by atoms with E-state index in [-0.39, 0.29) is 12.0 Å². The van der Waals surface area contributed by atoms with E-state index in [9.17, 15) is 9.50 Å². The van der Waals surface area contributed by atoms with E-state index in [0.29, 0.717) is 18.0 Å². The van der Waals surface area contributed by atoms with E-state index < -0.39 is 23.2 Å². The molecular weight excluding hydrogens is 514 g/mol. The summed E-state index contributed by atoms with van der Waals surface area (Å²) in [6.45, 7) is 0.435. The molecule has 4 aromatic rings. The summed E-state index contributed by atoms with van der Waals surface area (Å²) in [4.78, 5) is 6.59. The molecule has 0 aliphatic heterocycles. The second-order valence-electron chi connectivity index (χ2n) is 8.85. The number of fused-ring (bicyclic) bond motifs is 1. The van der Waals surface area contributed by atoms with Gasteiger partial charge >= 0.3 is 0 Å². The Balaban J connectivity index is 2.05. The standard InChI is InChI=1S/C28H27BrF2N2O2/c1-33(2)15-14-28(34,22-10-7-11-23(30)26(22)31)25(18-8-5-4-6-9-18)21-17-19-16-20(29)12-13-24(19)32-27(21)35-3/h4-13,16-17,25,34H,14-15H2,1-3H3. The molecule has 0 fully saturated rings. The van der Waals surface area contributed by atoms with Crippen molar-refractivity contribution < 1.29 is 18.6 Å². The highest BCUT2D eigenvalue weighted by atomic mass is 79.9. The van der Waals surface area contributed by atoms with Gasteiger partial charge in [-0.3, -0.25) is 0 Å². The molecule has 35 heavy (non-hydrogen) atoms. The van der Waals surface area contributed by atoms with Gasteiger partial charge in [-0.2, -0.15) is 0 Å². The molecule has 4 rings (SSSR count). The first-order valence-corrected chi connectivity index (χ1v) is 12.0. The van der Waals surface area contributed by atoms with Crippen molar-refractivity contribution in [3.8, 4) is 5.88 Å². The maximum atomic E-state index is 15.3. The second-order valence-corrected chi connectivity index (χ2v) is 9.76. The minimum absolute atomic E-state index is 0.107. The predicted molar refractivity (Wildman–Crippen MR) is 138 cm³/mol. The monoisotopic (exact) mass is 540 g/mol. The van der Waals surface area contributed by atoms with Crippen LogP contribution in [0.2, 0.25) is 0 Å². The molecule has 0 radical (unpaired) electrons. The highest BCUT2D eigenvalue weighted by Crippen LogP contribution is 2.48. The van der Waals surface area contributed by atoms with E-state index in [1.165, 1.54) is 19.2 Å². The number of aromatic nitrogens is 1. The van der Waals surface area contributed by atoms with Crippen molar-refractivity contribution in [2.45, 2.75) is 17.9 Å². The molecule has 0 amide bonds. The molecule has 3 aromatic carbocycles. The van der Waals surface area contributed by atoms with Crippen molar-refractivity contribution in [3.63, 3.8) is 0 Å². The lowest BCUT2D eigenvalue weighted by molar-refractivity contribution is 0.0000757. The van der Waals surface area contributed by atoms with E-state index in [4.69, 9.17) is 9.72 Å². The van der Waals surface area contributed by atoms with Crippen LogP contribution in [0.15, 0.2) is 77.3 Å². The van der Waals surface area contributed by atoms with Crippen molar-refractivity contribution in [3.05, 3.63) is 106 Å². The second kappa shape index (κ2) is 10.4. The third-order valence-electron chi connectivity index (χ3n) is 6.24. The topological polar surface area (TPSA) is 45.6 Å². The van der Waals surface area contributed by atoms with E-state index in [2.05, 4.69) is 15.9 Å². The smallest absolute Gasteiger partial charge is 0.217 e. The van der Waals surface area contributed by atoms with Gasteiger partial charge < -0.3 is 14.7 Å². The Kier molecular flexibility index (Phi) is 7.50. The summed E-state index contributed by atoms with van der Waals surface area (Å²) in [6.07, 6.45) is 0.139. The average molecular weight is 541 g/mol. The minimum Gasteiger partial charge on any atom is -0.481 e. The van der Waals surface area contributed by atoms with Gasteiger partial charge in [0.25, 0.3) is 0 Å². The third kappa shape index (κ3) is 5.08. The summed E-state index contributed by atoms with van der Waals surface area (Å²) in [5, 5.41) is 13.2. The third-order valence-corrected chi connectivity index (χ3v) is 6.74. The Labute approximate surface area is 212 Å². The molecule has 4 nitrogen and oxygen atoms in total. The molecule has 0 bridgehead atoms. The van der Waals surface area contributed by atoms with Gasteiger partial charge in [-0.25, -0.2) is 13.8 Å². The number of halogens is 3. The molecule has 1 aromatic heterocycles. The Morgan fingerprint density at radius 1 is 1.03 bits per heavy atom. The number of methoxy groups -OCH3 is 1. The van der Waals surface area contributed by atoms with Crippen LogP contribution in [0.1, 0.15) is 29.0 Å². The normalized spacial score (nSPS) is 14.2. The molecule has 0 aliphatic rings. The zero-order valence-corrected chi connectivity index (χ0v) is 21.4. The van der Waals surface area contributed by atoms with Crippen LogP contribution in [0.5, 0.6) is 5.88 Å². The highest BCUT2D eigenvalue weighted by Gasteiger charge is 2.44. The van der Waals surface area contributed by atoms with Gasteiger partial charge in [0.2, 0.25) is 5.88 Å². The van der Waals surface area contributed by atoms with Gasteiger partial charge in [-0.15, -0.1) is 0 Å². The molecule has 2 unspecified atom stereocenters. The van der Waals surface area contributed by atoms with E-state index >= 15 is 4.39 Å². The maximum Gasteiger partial charge on any atom is 0.217 e. The van der Waals surface area contributed by atoms with Crippen molar-refractivity contribution in [1.29, 1.82) is 0 Å². The van der Waals surface area contributed by atoms with Crippen LogP contribution < -0.4 is 4.74 Å². The lowest BCUT2D eigenvalue weighted by Gasteiger charge is -2.39. The Morgan fingerprint density at radius 3 is 2.46 bits per heavy atom. The average Bonchev–Trinajstić information content (AvgIpc) is 2.84. The number of nitrogens with zero attached hydrogens (tertiary/aromatic N) is 2. The first-order valence-electron chi connectivity index (χ1n) is 11.3. The first-order chi connectivity index (χ1) is 16.7. The SMILES string of the molecule is COc1nc2ccc(Br)cc2cc1C(c1ccccc1)C(O)(CCN(C)C)c1cccc(F)c1F. The Bertz CT molecular complexity index is 1330. The zero-order chi connectivity index (χ0) is 25.2. The summed E-state index contributed by atoms with van der Waals surface area (Å²) in [6, 6.07) is 20.8. The summed E-state index contributed by atoms with van der Waals surface area (Å²) >= 11 is 3.50. The fourth-order valence-electron chi connectivity index (χ4n) is 4.54. The van der Waals surface area contributed by atoms with Crippen molar-refractivity contribution in [1.82, 2.24) is 9.88 Å². The van der Waals surface area contributed by atoms with Crippen LogP contribution in [0.4, 0.5) is 8.78 Å². The zero-order valence-electron chi connectivity index (χ0n) is 19.8. The minimum atomic E-state index is -1.81. The summed E-state index contributed by atoms with van der Waals surface area (Å²) in [7, 11) is 5.26. The number of aliphatic hydroxyl groups is 1. The molecule has 0 saturated carbocycles. The molecule has 2 atom stereocenters. The molecule has 1 heterocycles. The fourth-order valence-corrected chi connectivity index (χ4v) is 4.92. The van der Waals surface area contributed by atoms with E-state index in [1.807, 2.05) is 73.6 Å². The van der Waals surface area contributed by atoms with Gasteiger partial charge in [-0.05, 0) is 56.4 Å². The predicted octanol–water partition coefficient (Wildman–Crippen LogP) is 6.26. The lowest BCUT2D eigenvalue weighted by Crippen LogP contribution is -2.38. The molecule has 1 N–H and O–H groups in total. The van der Waals surface area contributed by atoms with Gasteiger partial charge in [0.1, 0.15) is 5.60 Å². The highest BCUT2D eigenvalue weighted by molar-refractivity contribution is 9.10. The van der Waals surface area contributed by atoms with Gasteiger partial charge in [0, 0.05) is 33.4 Å². The molecule has 0 aliphatic carbocycles. The number of hydrogen-bond acceptors (Lipinski definition) is 4. The quantitative estimate of drug-likeness (QED) is 0.286. The number of pyridine rings is 1. The van der Waals surface area contributed by atoms with Crippen molar-refractivity contribution in [2.24, 2.45) is 0 Å². The number of ether oxygens (including phenoxy) is 1. The van der Waals surface area contributed by atoms with Crippen molar-refractivity contribution >= 4 is 26.8 Å². The van der Waals surface area contributed by atoms with Gasteiger partial charge in [0.05, 0.1) is 12.6 Å². The molecule has 0 saturated heterocycles. The summed E-state index contributed by atoms with van der Waals surface area (Å²) < 4.78 is 36.3. The van der Waals surface area contributed by atoms with E-state index in [1.54, 1.807) is 0 Å². The van der Waals surface area contributed by atoms with Crippen LogP contribution in [-0.2, 0) is 5.60 Å². The maximum absolute atomic E-state index is 15.3. The van der Waals surface area contributed by atoms with Crippen molar-refractivity contribution in [2.75, 3.05) is 27.7 Å². The van der Waals surface area contributed by atoms with Crippen LogP contribution in [-0.4, -0.2) is 42.7 Å². The fraction of sp³-hybridized carbons (Fsp3) is 0.250. The largest absolute Gasteiger partial charge is 0.481 e. The summed E-state index contributed by atoms with van der Waals surface area (Å²) in [5.41, 5.74) is 0.104. The van der Waals surface area contributed by atoms with Gasteiger partial charge in [0.15, 0.2) is 11.6 Å². The first kappa shape index (κ1) is 25.2. The van der Waals surface area contributed by atoms with Crippen LogP contribution >= 0.6 is 15.9 Å². The van der Waals surface area contributed by atoms with Gasteiger partial charge in [-0.1, -0.05) is 58.4 Å². The van der Waals surface area contributed by atoms with Crippen LogP contribution in [0, 0.1) is 11.6 Å². The van der Waals surface area contributed by atoms with Crippen LogP contribution in [0.3, 0.4) is 0 Å². The van der Waals surface area contributed by atoms with Crippen LogP contribution in [0.25, 0.3) is 10.9 Å². The summed E-state index contributed by atoms with van der Waals surface area (Å²) in [5.74, 6) is -2.56. The molecule has 7 heteroatoms.